The highest BCUT2D eigenvalue weighted by molar-refractivity contribution is 6.35. The second kappa shape index (κ2) is 8.04. The Bertz CT molecular complexity index is 517. The Balaban J connectivity index is 1.81. The van der Waals surface area contributed by atoms with E-state index in [1.54, 1.807) is 18.2 Å². The van der Waals surface area contributed by atoms with Crippen LogP contribution in [0.2, 0.25) is 10.0 Å². The number of rotatable bonds is 5. The highest BCUT2D eigenvalue weighted by atomic mass is 35.5. The van der Waals surface area contributed by atoms with Crippen molar-refractivity contribution in [2.24, 2.45) is 0 Å². The lowest BCUT2D eigenvalue weighted by molar-refractivity contribution is -0.135. The first-order chi connectivity index (χ1) is 10.5. The third kappa shape index (κ3) is 4.51. The van der Waals surface area contributed by atoms with Gasteiger partial charge in [-0.15, -0.1) is 0 Å². The molecule has 1 aromatic carbocycles. The lowest BCUT2D eigenvalue weighted by Gasteiger charge is -2.37. The molecule has 1 aliphatic rings. The molecule has 1 unspecified atom stereocenters. The average Bonchev–Trinajstić information content (AvgIpc) is 2.53. The Kier molecular flexibility index (Phi) is 6.36. The Morgan fingerprint density at radius 2 is 1.95 bits per heavy atom. The van der Waals surface area contributed by atoms with Crippen LogP contribution in [-0.4, -0.2) is 54.5 Å². The SMILES string of the molecule is CCC(C)N1CCN(C(=O)COc2ccc(Cl)cc2Cl)CC1. The van der Waals surface area contributed by atoms with Gasteiger partial charge >= 0.3 is 0 Å². The molecule has 1 saturated heterocycles. The van der Waals surface area contributed by atoms with E-state index in [0.717, 1.165) is 32.6 Å². The average molecular weight is 345 g/mol. The van der Waals surface area contributed by atoms with E-state index in [2.05, 4.69) is 18.7 Å². The maximum Gasteiger partial charge on any atom is 0.260 e. The molecule has 0 N–H and O–H groups in total. The van der Waals surface area contributed by atoms with Gasteiger partial charge < -0.3 is 9.64 Å². The fraction of sp³-hybridized carbons (Fsp3) is 0.562. The van der Waals surface area contributed by atoms with Gasteiger partial charge in [0.15, 0.2) is 6.61 Å². The standard InChI is InChI=1S/C16H22Cl2N2O2/c1-3-12(2)19-6-8-20(9-7-19)16(21)11-22-15-5-4-13(17)10-14(15)18/h4-5,10,12H,3,6-9,11H2,1-2H3. The summed E-state index contributed by atoms with van der Waals surface area (Å²) in [6.07, 6.45) is 1.13. The van der Waals surface area contributed by atoms with Gasteiger partial charge in [-0.05, 0) is 31.5 Å². The fourth-order valence-corrected chi connectivity index (χ4v) is 2.96. The molecule has 1 atom stereocenters. The monoisotopic (exact) mass is 344 g/mol. The Morgan fingerprint density at radius 1 is 1.27 bits per heavy atom. The minimum atomic E-state index is -0.00480. The van der Waals surface area contributed by atoms with E-state index in [0.29, 0.717) is 21.8 Å². The van der Waals surface area contributed by atoms with Gasteiger partial charge in [0.25, 0.3) is 5.91 Å². The zero-order chi connectivity index (χ0) is 16.1. The third-order valence-corrected chi connectivity index (χ3v) is 4.66. The topological polar surface area (TPSA) is 32.8 Å². The quantitative estimate of drug-likeness (QED) is 0.821. The van der Waals surface area contributed by atoms with Crippen LogP contribution in [0.4, 0.5) is 0 Å². The van der Waals surface area contributed by atoms with Crippen LogP contribution in [0.1, 0.15) is 20.3 Å². The molecule has 1 fully saturated rings. The largest absolute Gasteiger partial charge is 0.482 e. The Labute approximate surface area is 141 Å². The predicted octanol–water partition coefficient (Wildman–Crippen LogP) is 3.31. The highest BCUT2D eigenvalue weighted by Crippen LogP contribution is 2.27. The summed E-state index contributed by atoms with van der Waals surface area (Å²) in [5.41, 5.74) is 0. The molecule has 0 spiro atoms. The summed E-state index contributed by atoms with van der Waals surface area (Å²) in [5.74, 6) is 0.479. The molecule has 2 rings (SSSR count). The number of benzene rings is 1. The lowest BCUT2D eigenvalue weighted by Crippen LogP contribution is -2.52. The summed E-state index contributed by atoms with van der Waals surface area (Å²) >= 11 is 11.9. The van der Waals surface area contributed by atoms with Crippen LogP contribution in [0.25, 0.3) is 0 Å². The smallest absolute Gasteiger partial charge is 0.260 e. The molecule has 122 valence electrons. The molecule has 4 nitrogen and oxygen atoms in total. The number of halogens is 2. The van der Waals surface area contributed by atoms with E-state index in [-0.39, 0.29) is 12.5 Å². The molecule has 0 saturated carbocycles. The Morgan fingerprint density at radius 3 is 2.55 bits per heavy atom. The maximum atomic E-state index is 12.2. The van der Waals surface area contributed by atoms with Gasteiger partial charge in [-0.1, -0.05) is 30.1 Å². The molecule has 0 aliphatic carbocycles. The second-order valence-electron chi connectivity index (χ2n) is 5.54. The summed E-state index contributed by atoms with van der Waals surface area (Å²) in [4.78, 5) is 16.5. The van der Waals surface area contributed by atoms with E-state index in [4.69, 9.17) is 27.9 Å². The number of hydrogen-bond donors (Lipinski definition) is 0. The van der Waals surface area contributed by atoms with E-state index < -0.39 is 0 Å². The first-order valence-corrected chi connectivity index (χ1v) is 8.36. The minimum Gasteiger partial charge on any atom is -0.482 e. The van der Waals surface area contributed by atoms with Crippen molar-refractivity contribution in [2.75, 3.05) is 32.8 Å². The van der Waals surface area contributed by atoms with E-state index in [1.165, 1.54) is 0 Å². The summed E-state index contributed by atoms with van der Waals surface area (Å²) in [6, 6.07) is 5.55. The number of carbonyl (C=O) groups is 1. The molecule has 1 amide bonds. The van der Waals surface area contributed by atoms with Crippen molar-refractivity contribution in [3.63, 3.8) is 0 Å². The summed E-state index contributed by atoms with van der Waals surface area (Å²) in [6.45, 7) is 7.76. The Hall–Kier alpha value is -0.970. The van der Waals surface area contributed by atoms with Crippen LogP contribution >= 0.6 is 23.2 Å². The van der Waals surface area contributed by atoms with Gasteiger partial charge in [0.2, 0.25) is 0 Å². The van der Waals surface area contributed by atoms with Gasteiger partial charge in [0.1, 0.15) is 5.75 Å². The molecule has 0 aromatic heterocycles. The number of piperazine rings is 1. The predicted molar refractivity (Wildman–Crippen MR) is 89.9 cm³/mol. The molecule has 1 aromatic rings. The van der Waals surface area contributed by atoms with Gasteiger partial charge in [0, 0.05) is 37.2 Å². The molecule has 6 heteroatoms. The van der Waals surface area contributed by atoms with Crippen molar-refractivity contribution < 1.29 is 9.53 Å². The number of nitrogens with zero attached hydrogens (tertiary/aromatic N) is 2. The first kappa shape index (κ1) is 17.4. The van der Waals surface area contributed by atoms with E-state index in [9.17, 15) is 4.79 Å². The van der Waals surface area contributed by atoms with Crippen molar-refractivity contribution in [3.05, 3.63) is 28.2 Å². The van der Waals surface area contributed by atoms with E-state index in [1.807, 2.05) is 4.90 Å². The number of amides is 1. The highest BCUT2D eigenvalue weighted by Gasteiger charge is 2.23. The number of carbonyl (C=O) groups excluding carboxylic acids is 1. The normalized spacial score (nSPS) is 17.4. The van der Waals surface area contributed by atoms with Crippen LogP contribution in [0, 0.1) is 0 Å². The molecule has 0 bridgehead atoms. The van der Waals surface area contributed by atoms with Crippen molar-refractivity contribution in [2.45, 2.75) is 26.3 Å². The van der Waals surface area contributed by atoms with Crippen molar-refractivity contribution in [1.29, 1.82) is 0 Å². The van der Waals surface area contributed by atoms with Crippen molar-refractivity contribution >= 4 is 29.1 Å². The van der Waals surface area contributed by atoms with Crippen LogP contribution in [0.15, 0.2) is 18.2 Å². The van der Waals surface area contributed by atoms with Crippen LogP contribution in [-0.2, 0) is 4.79 Å². The molecule has 0 radical (unpaired) electrons. The molecule has 22 heavy (non-hydrogen) atoms. The third-order valence-electron chi connectivity index (χ3n) is 4.13. The molecular weight excluding hydrogens is 323 g/mol. The van der Waals surface area contributed by atoms with Gasteiger partial charge in [-0.2, -0.15) is 0 Å². The number of ether oxygens (including phenoxy) is 1. The van der Waals surface area contributed by atoms with Crippen molar-refractivity contribution in [1.82, 2.24) is 9.80 Å². The minimum absolute atomic E-state index is 0.00465. The maximum absolute atomic E-state index is 12.2. The summed E-state index contributed by atoms with van der Waals surface area (Å²) in [5, 5.41) is 0.965. The van der Waals surface area contributed by atoms with Gasteiger partial charge in [0.05, 0.1) is 5.02 Å². The molecular formula is C16H22Cl2N2O2. The van der Waals surface area contributed by atoms with Crippen molar-refractivity contribution in [3.8, 4) is 5.75 Å². The number of hydrogen-bond acceptors (Lipinski definition) is 3. The second-order valence-corrected chi connectivity index (χ2v) is 6.38. The van der Waals surface area contributed by atoms with Crippen LogP contribution in [0.5, 0.6) is 5.75 Å². The lowest BCUT2D eigenvalue weighted by atomic mass is 10.2. The van der Waals surface area contributed by atoms with Crippen LogP contribution < -0.4 is 4.74 Å². The molecule has 1 heterocycles. The van der Waals surface area contributed by atoms with E-state index >= 15 is 0 Å². The van der Waals surface area contributed by atoms with Gasteiger partial charge in [-0.3, -0.25) is 9.69 Å². The zero-order valence-corrected chi connectivity index (χ0v) is 14.5. The van der Waals surface area contributed by atoms with Crippen LogP contribution in [0.3, 0.4) is 0 Å². The first-order valence-electron chi connectivity index (χ1n) is 7.61. The zero-order valence-electron chi connectivity index (χ0n) is 13.0. The molecule has 1 aliphatic heterocycles. The fourth-order valence-electron chi connectivity index (χ4n) is 2.49. The summed E-state index contributed by atoms with van der Waals surface area (Å²) in [7, 11) is 0. The van der Waals surface area contributed by atoms with Gasteiger partial charge in [-0.25, -0.2) is 0 Å². The summed E-state index contributed by atoms with van der Waals surface area (Å²) < 4.78 is 5.51.